The van der Waals surface area contributed by atoms with E-state index in [1.165, 1.54) is 0 Å². The van der Waals surface area contributed by atoms with Gasteiger partial charge in [-0.15, -0.1) is 32.8 Å². The van der Waals surface area contributed by atoms with E-state index in [-0.39, 0.29) is 149 Å². The summed E-state index contributed by atoms with van der Waals surface area (Å²) >= 11 is 0. The maximum Gasteiger partial charge on any atom is 0.164 e. The van der Waals surface area contributed by atoms with Gasteiger partial charge in [0.25, 0.3) is 0 Å². The highest BCUT2D eigenvalue weighted by Crippen LogP contribution is 2.33. The van der Waals surface area contributed by atoms with E-state index in [0.717, 1.165) is 11.1 Å². The monoisotopic (exact) mass is 777 g/mol. The van der Waals surface area contributed by atoms with Crippen molar-refractivity contribution in [2.24, 2.45) is 0 Å². The first-order valence-electron chi connectivity index (χ1n) is 19.5. The van der Waals surface area contributed by atoms with Crippen molar-refractivity contribution >= 4 is 222 Å². The van der Waals surface area contributed by atoms with E-state index >= 15 is 0 Å². The third-order valence-corrected chi connectivity index (χ3v) is 11.6. The summed E-state index contributed by atoms with van der Waals surface area (Å²) in [5.41, 5.74) is 2.71. The molecule has 19 heteroatoms. The van der Waals surface area contributed by atoms with Crippen LogP contribution >= 0.6 is 0 Å². The summed E-state index contributed by atoms with van der Waals surface area (Å²) in [7, 11) is 100. The van der Waals surface area contributed by atoms with Gasteiger partial charge < -0.3 is 4.42 Å². The van der Waals surface area contributed by atoms with Crippen LogP contribution in [0.4, 0.5) is 0 Å². The first-order valence-corrected chi connectivity index (χ1v) is 19.5. The molecular weight excluding hydrogens is 761 g/mol. The zero-order valence-electron chi connectivity index (χ0n) is 34.0. The number of aromatic nitrogens is 3. The van der Waals surface area contributed by atoms with Crippen LogP contribution in [0.3, 0.4) is 0 Å². The zero-order chi connectivity index (χ0) is 45.6. The maximum atomic E-state index is 7.32. The van der Waals surface area contributed by atoms with Crippen molar-refractivity contribution in [2.75, 3.05) is 0 Å². The van der Waals surface area contributed by atoms with Crippen molar-refractivity contribution in [3.8, 4) is 67.5 Å². The van der Waals surface area contributed by atoms with Gasteiger partial charge in [-0.05, 0) is 27.8 Å². The molecule has 9 aromatic rings. The molecule has 9 rings (SSSR count). The number of hydrogen-bond acceptors (Lipinski definition) is 4. The van der Waals surface area contributed by atoms with Crippen LogP contribution in [0.2, 0.25) is 0 Å². The van der Waals surface area contributed by atoms with E-state index < -0.39 is 0 Å². The van der Waals surface area contributed by atoms with Crippen LogP contribution in [0.25, 0.3) is 89.5 Å². The maximum absolute atomic E-state index is 7.32. The smallest absolute Gasteiger partial charge is 0.164 e. The number of nitrogens with zero attached hydrogens (tertiary/aromatic N) is 3. The van der Waals surface area contributed by atoms with Crippen molar-refractivity contribution in [1.29, 1.82) is 0 Å². The van der Waals surface area contributed by atoms with Gasteiger partial charge in [-0.2, -0.15) is 0 Å². The molecule has 4 nitrogen and oxygen atoms in total. The standard InChI is InChI=1S/C45H14B15N3O/c46-26-19(20-29(49)35(55)38(58)36(56)30(20)50)27(47)25(28(48)21(26)22-31(51)34(54)32(52)23-24-33(53)37(57)39(59)40(60)42(24)64-41(22)23)45-62-43(17-9-5-2-6-10-17)61-44(63-45)18-13-11-16(12-14-18)15-7-3-1-4-8-15/h1-14H. The Morgan fingerprint density at radius 1 is 0.250 bits per heavy atom. The van der Waals surface area contributed by atoms with E-state index in [1.54, 1.807) is 0 Å². The van der Waals surface area contributed by atoms with E-state index in [2.05, 4.69) is 0 Å². The Labute approximate surface area is 391 Å². The van der Waals surface area contributed by atoms with E-state index in [4.69, 9.17) is 137 Å². The third kappa shape index (κ3) is 6.71. The van der Waals surface area contributed by atoms with E-state index in [9.17, 15) is 0 Å². The molecule has 0 bridgehead atoms. The van der Waals surface area contributed by atoms with Crippen molar-refractivity contribution in [1.82, 2.24) is 15.0 Å². The molecular formula is C45H14B15N3O. The number of benzene rings is 7. The molecule has 64 heavy (non-hydrogen) atoms. The third-order valence-electron chi connectivity index (χ3n) is 11.6. The summed E-state index contributed by atoms with van der Waals surface area (Å²) in [6, 6.07) is 26.9. The average Bonchev–Trinajstić information content (AvgIpc) is 3.71. The second kappa shape index (κ2) is 16.4. The highest BCUT2D eigenvalue weighted by Gasteiger charge is 2.29. The minimum absolute atomic E-state index is 0.000763. The van der Waals surface area contributed by atoms with E-state index in [0.29, 0.717) is 11.1 Å². The first-order chi connectivity index (χ1) is 30.5. The molecule has 2 heterocycles. The fourth-order valence-corrected chi connectivity index (χ4v) is 8.13. The quantitative estimate of drug-likeness (QED) is 0.158. The molecule has 0 amide bonds. The largest absolute Gasteiger partial charge is 0.456 e. The van der Waals surface area contributed by atoms with Gasteiger partial charge in [-0.1, -0.05) is 134 Å². The Balaban J connectivity index is 1.43. The molecule has 0 saturated heterocycles. The second-order valence-electron chi connectivity index (χ2n) is 15.2. The fourth-order valence-electron chi connectivity index (χ4n) is 8.13. The average molecular weight is 775 g/mol. The van der Waals surface area contributed by atoms with Gasteiger partial charge in [0.05, 0.1) is 0 Å². The Kier molecular flexibility index (Phi) is 11.2. The van der Waals surface area contributed by atoms with Crippen LogP contribution in [0.15, 0.2) is 89.3 Å². The molecule has 0 N–H and O–H groups in total. The van der Waals surface area contributed by atoms with Gasteiger partial charge in [0.15, 0.2) is 17.5 Å². The number of rotatable bonds is 6. The Morgan fingerprint density at radius 2 is 0.578 bits per heavy atom. The summed E-state index contributed by atoms with van der Waals surface area (Å²) in [6.07, 6.45) is 0. The lowest BCUT2D eigenvalue weighted by Crippen LogP contribution is -2.56. The second-order valence-corrected chi connectivity index (χ2v) is 15.2. The van der Waals surface area contributed by atoms with Gasteiger partial charge in [-0.25, -0.2) is 15.0 Å². The lowest BCUT2D eigenvalue weighted by Gasteiger charge is -2.29. The fraction of sp³-hybridized carbons (Fsp3) is 0. The molecule has 0 aliphatic rings. The van der Waals surface area contributed by atoms with E-state index in [1.807, 2.05) is 84.9 Å². The SMILES string of the molecule is [B]c1c([B])c([B])c(-c2c([B])c(-c3nc(-c4ccccc4)nc(-c4ccc(-c5ccccc5)cc4)n3)c([B])c(-c3c([B])c([B])c([B])c4c3oc3c([B])c([B])c([B])c([B])c34)c2[B])c([B])c1[B]. The highest BCUT2D eigenvalue weighted by atomic mass is 16.3. The van der Waals surface area contributed by atoms with Gasteiger partial charge in [0, 0.05) is 33.0 Å². The summed E-state index contributed by atoms with van der Waals surface area (Å²) in [6.45, 7) is 0. The predicted octanol–water partition coefficient (Wildman–Crippen LogP) is -6.32. The van der Waals surface area contributed by atoms with Crippen LogP contribution in [-0.2, 0) is 0 Å². The minimum atomic E-state index is -0.118. The van der Waals surface area contributed by atoms with Crippen molar-refractivity contribution in [3.05, 3.63) is 84.9 Å². The minimum Gasteiger partial charge on any atom is -0.456 e. The Bertz CT molecular complexity index is 3410. The normalized spacial score (nSPS) is 11.4. The predicted molar refractivity (Wildman–Crippen MR) is 281 cm³/mol. The molecule has 0 aliphatic heterocycles. The van der Waals surface area contributed by atoms with Crippen LogP contribution in [-0.4, -0.2) is 133 Å². The zero-order valence-corrected chi connectivity index (χ0v) is 34.0. The molecule has 2 aromatic heterocycles. The summed E-state index contributed by atoms with van der Waals surface area (Å²) in [5, 5.41) is 0.414. The number of hydrogen-bond donors (Lipinski definition) is 0. The molecule has 0 aliphatic carbocycles. The van der Waals surface area contributed by atoms with Crippen molar-refractivity contribution in [2.45, 2.75) is 0 Å². The molecule has 30 radical (unpaired) electrons. The number of fused-ring (bicyclic) bond motifs is 3. The van der Waals surface area contributed by atoms with Crippen LogP contribution in [0.1, 0.15) is 0 Å². The summed E-state index contributed by atoms with van der Waals surface area (Å²) in [5.74, 6) is 0.571. The lowest BCUT2D eigenvalue weighted by molar-refractivity contribution is 0.673. The Hall–Kier alpha value is -5.68. The molecule has 0 spiro atoms. The van der Waals surface area contributed by atoms with Crippen molar-refractivity contribution < 1.29 is 4.42 Å². The van der Waals surface area contributed by atoms with Crippen LogP contribution in [0, 0.1) is 0 Å². The summed E-state index contributed by atoms with van der Waals surface area (Å²) < 4.78 is 6.48. The molecule has 0 saturated carbocycles. The molecule has 7 aromatic carbocycles. The molecule has 260 valence electrons. The van der Waals surface area contributed by atoms with Gasteiger partial charge in [-0.3, -0.25) is 0 Å². The van der Waals surface area contributed by atoms with Gasteiger partial charge >= 0.3 is 0 Å². The molecule has 0 unspecified atom stereocenters. The summed E-state index contributed by atoms with van der Waals surface area (Å²) in [4.78, 5) is 14.9. The highest BCUT2D eigenvalue weighted by molar-refractivity contribution is 6.72. The van der Waals surface area contributed by atoms with Gasteiger partial charge in [0.1, 0.15) is 129 Å². The topological polar surface area (TPSA) is 51.8 Å². The Morgan fingerprint density at radius 3 is 1.12 bits per heavy atom. The van der Waals surface area contributed by atoms with Crippen molar-refractivity contribution in [3.63, 3.8) is 0 Å². The van der Waals surface area contributed by atoms with Crippen LogP contribution < -0.4 is 81.9 Å². The first kappa shape index (κ1) is 43.6. The molecule has 0 atom stereocenters. The molecule has 0 fully saturated rings. The number of furan rings is 1. The lowest BCUT2D eigenvalue weighted by atomic mass is 9.56. The van der Waals surface area contributed by atoms with Crippen LogP contribution in [0.5, 0.6) is 0 Å². The van der Waals surface area contributed by atoms with Gasteiger partial charge in [0.2, 0.25) is 0 Å².